The summed E-state index contributed by atoms with van der Waals surface area (Å²) < 4.78 is 0. The Hall–Kier alpha value is -1.69. The number of guanidine groups is 1. The third-order valence-electron chi connectivity index (χ3n) is 2.92. The summed E-state index contributed by atoms with van der Waals surface area (Å²) in [6, 6.07) is 8.51. The number of aliphatic imine (C=N–C) groups is 1. The highest BCUT2D eigenvalue weighted by atomic mass is 32.2. The normalized spacial score (nSPS) is 12.0. The van der Waals surface area contributed by atoms with E-state index in [-0.39, 0.29) is 18.0 Å². The number of carbonyl (C=O) groups is 1. The molecule has 0 spiro atoms. The van der Waals surface area contributed by atoms with Crippen molar-refractivity contribution in [1.29, 1.82) is 0 Å². The van der Waals surface area contributed by atoms with Gasteiger partial charge in [-0.15, -0.1) is 11.8 Å². The number of rotatable bonds is 7. The van der Waals surface area contributed by atoms with Crippen LogP contribution in [0.1, 0.15) is 33.3 Å². The molecule has 1 aromatic carbocycles. The van der Waals surface area contributed by atoms with Crippen LogP contribution in [0.15, 0.2) is 34.2 Å². The molecule has 0 aliphatic rings. The second-order valence-corrected chi connectivity index (χ2v) is 7.75. The van der Waals surface area contributed by atoms with Gasteiger partial charge in [0, 0.05) is 29.3 Å². The van der Waals surface area contributed by atoms with E-state index in [1.807, 2.05) is 27.7 Å². The van der Waals surface area contributed by atoms with E-state index < -0.39 is 0 Å². The van der Waals surface area contributed by atoms with Gasteiger partial charge in [0.25, 0.3) is 0 Å². The van der Waals surface area contributed by atoms with Gasteiger partial charge >= 0.3 is 0 Å². The van der Waals surface area contributed by atoms with Crippen molar-refractivity contribution in [3.63, 3.8) is 0 Å². The summed E-state index contributed by atoms with van der Waals surface area (Å²) >= 11 is 1.80. The molecule has 3 N–H and O–H groups in total. The highest BCUT2D eigenvalue weighted by Gasteiger charge is 2.13. The van der Waals surface area contributed by atoms with Gasteiger partial charge in [-0.2, -0.15) is 0 Å². The number of thioether (sulfide) groups is 1. The van der Waals surface area contributed by atoms with E-state index in [0.29, 0.717) is 5.96 Å². The number of aryl methyl sites for hydroxylation is 1. The van der Waals surface area contributed by atoms with Crippen molar-refractivity contribution in [3.8, 4) is 0 Å². The predicted octanol–water partition coefficient (Wildman–Crippen LogP) is 2.56. The molecule has 0 bridgehead atoms. The minimum Gasteiger partial charge on any atom is -0.357 e. The Morgan fingerprint density at radius 3 is 2.42 bits per heavy atom. The predicted molar refractivity (Wildman–Crippen MR) is 104 cm³/mol. The van der Waals surface area contributed by atoms with Crippen LogP contribution >= 0.6 is 11.8 Å². The van der Waals surface area contributed by atoms with Crippen LogP contribution in [0.2, 0.25) is 0 Å². The smallest absolute Gasteiger partial charge is 0.242 e. The summed E-state index contributed by atoms with van der Waals surface area (Å²) in [5, 5.41) is 9.32. The van der Waals surface area contributed by atoms with E-state index >= 15 is 0 Å². The summed E-state index contributed by atoms with van der Waals surface area (Å²) in [6.45, 7) is 11.6. The van der Waals surface area contributed by atoms with Crippen LogP contribution in [0.4, 0.5) is 0 Å². The summed E-state index contributed by atoms with van der Waals surface area (Å²) in [5.74, 6) is 1.53. The van der Waals surface area contributed by atoms with Gasteiger partial charge < -0.3 is 16.0 Å². The Kier molecular flexibility index (Phi) is 8.68. The fourth-order valence-corrected chi connectivity index (χ4v) is 2.69. The molecule has 0 saturated heterocycles. The van der Waals surface area contributed by atoms with Crippen LogP contribution in [0.5, 0.6) is 0 Å². The molecule has 0 unspecified atom stereocenters. The molecule has 1 aromatic rings. The van der Waals surface area contributed by atoms with Crippen molar-refractivity contribution in [1.82, 2.24) is 16.0 Å². The molecule has 0 aromatic heterocycles. The lowest BCUT2D eigenvalue weighted by molar-refractivity contribution is -0.121. The SMILES string of the molecule is CCNC(=NCC(=O)NC(C)(C)C)NCCSc1ccc(C)cc1. The van der Waals surface area contributed by atoms with Gasteiger partial charge in [-0.25, -0.2) is 4.99 Å². The Morgan fingerprint density at radius 2 is 1.83 bits per heavy atom. The van der Waals surface area contributed by atoms with E-state index in [9.17, 15) is 4.79 Å². The second kappa shape index (κ2) is 10.2. The Morgan fingerprint density at radius 1 is 1.17 bits per heavy atom. The second-order valence-electron chi connectivity index (χ2n) is 6.58. The molecule has 1 amide bonds. The molecule has 0 heterocycles. The highest BCUT2D eigenvalue weighted by molar-refractivity contribution is 7.99. The molecule has 1 rings (SSSR count). The molecule has 6 heteroatoms. The average molecular weight is 351 g/mol. The lowest BCUT2D eigenvalue weighted by Crippen LogP contribution is -2.43. The monoisotopic (exact) mass is 350 g/mol. The van der Waals surface area contributed by atoms with Crippen molar-refractivity contribution >= 4 is 23.6 Å². The molecular formula is C18H30N4OS. The van der Waals surface area contributed by atoms with E-state index in [2.05, 4.69) is 52.1 Å². The van der Waals surface area contributed by atoms with Gasteiger partial charge in [0.05, 0.1) is 0 Å². The van der Waals surface area contributed by atoms with Crippen molar-refractivity contribution < 1.29 is 4.79 Å². The molecule has 0 radical (unpaired) electrons. The zero-order valence-corrected chi connectivity index (χ0v) is 16.2. The van der Waals surface area contributed by atoms with Gasteiger partial charge in [0.1, 0.15) is 6.54 Å². The molecule has 0 aliphatic heterocycles. The molecule has 0 fully saturated rings. The zero-order valence-electron chi connectivity index (χ0n) is 15.4. The lowest BCUT2D eigenvalue weighted by atomic mass is 10.1. The molecule has 24 heavy (non-hydrogen) atoms. The van der Waals surface area contributed by atoms with Crippen LogP contribution < -0.4 is 16.0 Å². The molecule has 134 valence electrons. The molecule has 0 saturated carbocycles. The first kappa shape index (κ1) is 20.4. The fraction of sp³-hybridized carbons (Fsp3) is 0.556. The quantitative estimate of drug-likeness (QED) is 0.306. The van der Waals surface area contributed by atoms with Crippen molar-refractivity contribution in [2.45, 2.75) is 45.1 Å². The maximum Gasteiger partial charge on any atom is 0.242 e. The minimum absolute atomic E-state index is 0.0752. The third kappa shape index (κ3) is 9.45. The molecule has 5 nitrogen and oxygen atoms in total. The lowest BCUT2D eigenvalue weighted by Gasteiger charge is -2.20. The zero-order chi connectivity index (χ0) is 18.0. The van der Waals surface area contributed by atoms with Crippen molar-refractivity contribution in [2.24, 2.45) is 4.99 Å². The van der Waals surface area contributed by atoms with Crippen LogP contribution in [-0.4, -0.2) is 42.8 Å². The van der Waals surface area contributed by atoms with Gasteiger partial charge in [0.15, 0.2) is 5.96 Å². The Bertz CT molecular complexity index is 535. The molecular weight excluding hydrogens is 320 g/mol. The van der Waals surface area contributed by atoms with Gasteiger partial charge in [-0.1, -0.05) is 17.7 Å². The van der Waals surface area contributed by atoms with Gasteiger partial charge in [-0.3, -0.25) is 4.79 Å². The Balaban J connectivity index is 2.37. The Labute approximate surface area is 150 Å². The van der Waals surface area contributed by atoms with Crippen LogP contribution in [0.3, 0.4) is 0 Å². The number of hydrogen-bond donors (Lipinski definition) is 3. The molecule has 0 aliphatic carbocycles. The van der Waals surface area contributed by atoms with Gasteiger partial charge in [0.2, 0.25) is 5.91 Å². The number of carbonyl (C=O) groups excluding carboxylic acids is 1. The fourth-order valence-electron chi connectivity index (χ4n) is 1.92. The number of nitrogens with one attached hydrogen (secondary N) is 3. The van der Waals surface area contributed by atoms with Gasteiger partial charge in [-0.05, 0) is 46.8 Å². The molecule has 0 atom stereocenters. The number of nitrogens with zero attached hydrogens (tertiary/aromatic N) is 1. The van der Waals surface area contributed by atoms with E-state index in [1.165, 1.54) is 10.5 Å². The minimum atomic E-state index is -0.233. The van der Waals surface area contributed by atoms with Crippen LogP contribution in [0.25, 0.3) is 0 Å². The first-order valence-electron chi connectivity index (χ1n) is 8.33. The van der Waals surface area contributed by atoms with Crippen LogP contribution in [0, 0.1) is 6.92 Å². The topological polar surface area (TPSA) is 65.5 Å². The van der Waals surface area contributed by atoms with E-state index in [4.69, 9.17) is 0 Å². The van der Waals surface area contributed by atoms with Crippen molar-refractivity contribution in [2.75, 3.05) is 25.4 Å². The summed E-state index contributed by atoms with van der Waals surface area (Å²) in [7, 11) is 0. The summed E-state index contributed by atoms with van der Waals surface area (Å²) in [6.07, 6.45) is 0. The standard InChI is InChI=1S/C18H30N4OS/c1-6-19-17(21-13-16(23)22-18(3,4)5)20-11-12-24-15-9-7-14(2)8-10-15/h7-10H,6,11-13H2,1-5H3,(H,22,23)(H2,19,20,21). The maximum atomic E-state index is 11.8. The number of hydrogen-bond acceptors (Lipinski definition) is 3. The summed E-state index contributed by atoms with van der Waals surface area (Å²) in [5.41, 5.74) is 1.04. The first-order valence-corrected chi connectivity index (χ1v) is 9.31. The number of benzene rings is 1. The van der Waals surface area contributed by atoms with E-state index in [1.54, 1.807) is 11.8 Å². The van der Waals surface area contributed by atoms with E-state index in [0.717, 1.165) is 18.8 Å². The number of amides is 1. The maximum absolute atomic E-state index is 11.8. The average Bonchev–Trinajstić information content (AvgIpc) is 2.49. The van der Waals surface area contributed by atoms with Crippen molar-refractivity contribution in [3.05, 3.63) is 29.8 Å². The third-order valence-corrected chi connectivity index (χ3v) is 3.94. The summed E-state index contributed by atoms with van der Waals surface area (Å²) in [4.78, 5) is 17.4. The highest BCUT2D eigenvalue weighted by Crippen LogP contribution is 2.17. The first-order chi connectivity index (χ1) is 11.3. The van der Waals surface area contributed by atoms with Crippen LogP contribution in [-0.2, 0) is 4.79 Å². The largest absolute Gasteiger partial charge is 0.357 e.